The van der Waals surface area contributed by atoms with Crippen molar-refractivity contribution in [2.24, 2.45) is 0 Å². The number of aliphatic hydroxyl groups excluding tert-OH is 1. The average molecular weight is 510 g/mol. The fourth-order valence-corrected chi connectivity index (χ4v) is 3.17. The summed E-state index contributed by atoms with van der Waals surface area (Å²) in [5, 5.41) is 11.2. The van der Waals surface area contributed by atoms with Gasteiger partial charge in [0, 0.05) is 11.6 Å². The van der Waals surface area contributed by atoms with Crippen LogP contribution in [0.4, 0.5) is 8.78 Å². The van der Waals surface area contributed by atoms with Crippen LogP contribution in [0.15, 0.2) is 33.7 Å². The first-order valence-electron chi connectivity index (χ1n) is 9.27. The summed E-state index contributed by atoms with van der Waals surface area (Å²) in [5.41, 5.74) is 0.429. The van der Waals surface area contributed by atoms with Crippen molar-refractivity contribution in [3.05, 3.63) is 73.8 Å². The molecule has 2 heterocycles. The second-order valence-corrected chi connectivity index (χ2v) is 7.43. The molecule has 1 amide bonds. The molecule has 2 N–H and O–H groups in total. The van der Waals surface area contributed by atoms with Crippen molar-refractivity contribution in [2.75, 3.05) is 6.61 Å². The first kappa shape index (κ1) is 23.4. The van der Waals surface area contributed by atoms with Gasteiger partial charge in [0.25, 0.3) is 5.56 Å². The number of nitrogens with zero attached hydrogens (tertiary/aromatic N) is 4. The van der Waals surface area contributed by atoms with E-state index in [1.54, 1.807) is 13.8 Å². The Hall–Kier alpha value is -3.25. The summed E-state index contributed by atoms with van der Waals surface area (Å²) in [4.78, 5) is 36.8. The molecule has 0 spiro atoms. The topological polar surface area (TPSA) is 119 Å². The molecule has 2 aromatic heterocycles. The number of rotatable bonds is 7. The minimum atomic E-state index is -0.769. The number of aryl methyl sites for hydroxylation is 2. The number of aliphatic hydroxyl groups is 1. The largest absolute Gasteiger partial charge is 0.472 e. The highest BCUT2D eigenvalue weighted by Gasteiger charge is 2.18. The molecular weight excluding hydrogens is 492 g/mol. The number of aromatic nitrogens is 4. The van der Waals surface area contributed by atoms with Crippen LogP contribution < -0.4 is 15.6 Å². The van der Waals surface area contributed by atoms with Crippen LogP contribution in [0.3, 0.4) is 0 Å². The van der Waals surface area contributed by atoms with Crippen molar-refractivity contribution in [2.45, 2.75) is 27.0 Å². The number of benzene rings is 1. The van der Waals surface area contributed by atoms with Crippen LogP contribution >= 0.6 is 15.9 Å². The number of halogens is 3. The number of hydrogen-bond donors (Lipinski definition) is 2. The van der Waals surface area contributed by atoms with E-state index in [0.717, 1.165) is 12.1 Å². The van der Waals surface area contributed by atoms with Crippen LogP contribution in [0.5, 0.6) is 5.88 Å². The van der Waals surface area contributed by atoms with Gasteiger partial charge in [-0.05, 0) is 41.9 Å². The summed E-state index contributed by atoms with van der Waals surface area (Å²) < 4.78 is 33.6. The van der Waals surface area contributed by atoms with Crippen molar-refractivity contribution >= 4 is 21.8 Å². The van der Waals surface area contributed by atoms with Crippen molar-refractivity contribution in [1.29, 1.82) is 0 Å². The fourth-order valence-electron chi connectivity index (χ4n) is 2.79. The number of nitrogens with one attached hydrogen (secondary N) is 1. The summed E-state index contributed by atoms with van der Waals surface area (Å²) in [5.74, 6) is -1.52. The first-order valence-corrected chi connectivity index (χ1v) is 10.1. The Balaban J connectivity index is 1.87. The van der Waals surface area contributed by atoms with E-state index < -0.39 is 29.7 Å². The molecule has 0 saturated carbocycles. The van der Waals surface area contributed by atoms with Gasteiger partial charge >= 0.3 is 0 Å². The summed E-state index contributed by atoms with van der Waals surface area (Å²) >= 11 is 3.17. The molecule has 12 heteroatoms. The van der Waals surface area contributed by atoms with Gasteiger partial charge in [-0.2, -0.15) is 4.98 Å². The summed E-state index contributed by atoms with van der Waals surface area (Å²) in [6, 6.07) is 3.10. The van der Waals surface area contributed by atoms with Gasteiger partial charge in [-0.3, -0.25) is 14.2 Å². The Morgan fingerprint density at radius 3 is 2.69 bits per heavy atom. The third-order valence-corrected chi connectivity index (χ3v) is 5.05. The predicted molar refractivity (Wildman–Crippen MR) is 112 cm³/mol. The molecule has 168 valence electrons. The minimum Gasteiger partial charge on any atom is -0.472 e. The molecule has 3 aromatic rings. The van der Waals surface area contributed by atoms with Gasteiger partial charge in [-0.25, -0.2) is 18.7 Å². The van der Waals surface area contributed by atoms with Crippen LogP contribution in [-0.4, -0.2) is 37.1 Å². The van der Waals surface area contributed by atoms with Crippen molar-refractivity contribution in [3.63, 3.8) is 0 Å². The number of carbonyl (C=O) groups excluding carboxylic acids is 1. The molecule has 0 unspecified atom stereocenters. The third kappa shape index (κ3) is 5.14. The zero-order chi connectivity index (χ0) is 23.4. The number of hydrogen-bond acceptors (Lipinski definition) is 7. The molecule has 0 bridgehead atoms. The fraction of sp³-hybridized carbons (Fsp3) is 0.250. The van der Waals surface area contributed by atoms with Crippen LogP contribution in [0.2, 0.25) is 0 Å². The summed E-state index contributed by atoms with van der Waals surface area (Å²) in [6.07, 6.45) is 1.42. The van der Waals surface area contributed by atoms with E-state index in [9.17, 15) is 18.4 Å². The van der Waals surface area contributed by atoms with Gasteiger partial charge in [0.05, 0.1) is 24.1 Å². The van der Waals surface area contributed by atoms with E-state index >= 15 is 0 Å². The smallest absolute Gasteiger partial charge is 0.276 e. The Morgan fingerprint density at radius 2 is 2.03 bits per heavy atom. The molecule has 0 aliphatic carbocycles. The Labute approximate surface area is 189 Å². The second kappa shape index (κ2) is 9.92. The standard InChI is InChI=1S/C20H18BrF2N5O4/c1-10-15(6-24-16(26-10)7-25-17(30)8-29)28-11(2)27-19(18(21)20(28)31)32-9-12-3-4-13(22)5-14(12)23/h3-6,29H,7-9H2,1-2H3,(H,25,30). The molecule has 0 aliphatic rings. The minimum absolute atomic E-state index is 0.00399. The highest BCUT2D eigenvalue weighted by Crippen LogP contribution is 2.22. The second-order valence-electron chi connectivity index (χ2n) is 6.63. The third-order valence-electron chi connectivity index (χ3n) is 4.38. The quantitative estimate of drug-likeness (QED) is 0.498. The maximum atomic E-state index is 13.8. The predicted octanol–water partition coefficient (Wildman–Crippen LogP) is 1.87. The van der Waals surface area contributed by atoms with Crippen molar-refractivity contribution in [1.82, 2.24) is 24.8 Å². The molecule has 3 rings (SSSR count). The van der Waals surface area contributed by atoms with Crippen LogP contribution in [0, 0.1) is 25.5 Å². The van der Waals surface area contributed by atoms with Crippen molar-refractivity contribution in [3.8, 4) is 11.6 Å². The molecule has 0 saturated heterocycles. The molecule has 0 fully saturated rings. The highest BCUT2D eigenvalue weighted by molar-refractivity contribution is 9.10. The van der Waals surface area contributed by atoms with Gasteiger partial charge in [-0.1, -0.05) is 0 Å². The van der Waals surface area contributed by atoms with E-state index in [-0.39, 0.29) is 34.9 Å². The molecular formula is C20H18BrF2N5O4. The number of ether oxygens (including phenoxy) is 1. The Morgan fingerprint density at radius 1 is 1.28 bits per heavy atom. The molecule has 32 heavy (non-hydrogen) atoms. The van der Waals surface area contributed by atoms with Crippen LogP contribution in [-0.2, 0) is 17.9 Å². The monoisotopic (exact) mass is 509 g/mol. The summed E-state index contributed by atoms with van der Waals surface area (Å²) in [6.45, 7) is 2.36. The normalized spacial score (nSPS) is 10.8. The van der Waals surface area contributed by atoms with E-state index in [1.165, 1.54) is 16.8 Å². The number of carbonyl (C=O) groups is 1. The maximum Gasteiger partial charge on any atom is 0.276 e. The van der Waals surface area contributed by atoms with E-state index in [2.05, 4.69) is 36.2 Å². The molecule has 9 nitrogen and oxygen atoms in total. The van der Waals surface area contributed by atoms with Crippen LogP contribution in [0.25, 0.3) is 5.69 Å². The summed E-state index contributed by atoms with van der Waals surface area (Å²) in [7, 11) is 0. The van der Waals surface area contributed by atoms with Crippen molar-refractivity contribution < 1.29 is 23.4 Å². The van der Waals surface area contributed by atoms with Gasteiger partial charge in [0.2, 0.25) is 11.8 Å². The first-order chi connectivity index (χ1) is 15.2. The van der Waals surface area contributed by atoms with E-state index in [1.807, 2.05) is 0 Å². The van der Waals surface area contributed by atoms with E-state index in [0.29, 0.717) is 17.2 Å². The Bertz CT molecular complexity index is 1240. The lowest BCUT2D eigenvalue weighted by molar-refractivity contribution is -0.124. The lowest BCUT2D eigenvalue weighted by Crippen LogP contribution is -2.27. The Kier molecular flexibility index (Phi) is 7.26. The van der Waals surface area contributed by atoms with E-state index in [4.69, 9.17) is 9.84 Å². The average Bonchev–Trinajstić information content (AvgIpc) is 2.75. The van der Waals surface area contributed by atoms with Crippen LogP contribution in [0.1, 0.15) is 22.9 Å². The lowest BCUT2D eigenvalue weighted by atomic mass is 10.2. The number of amides is 1. The molecule has 0 radical (unpaired) electrons. The lowest BCUT2D eigenvalue weighted by Gasteiger charge is -2.15. The highest BCUT2D eigenvalue weighted by atomic mass is 79.9. The molecule has 0 aliphatic heterocycles. The van der Waals surface area contributed by atoms with Gasteiger partial charge in [0.1, 0.15) is 41.0 Å². The molecule has 1 aromatic carbocycles. The van der Waals surface area contributed by atoms with Gasteiger partial charge < -0.3 is 15.2 Å². The zero-order valence-electron chi connectivity index (χ0n) is 17.0. The molecule has 0 atom stereocenters. The zero-order valence-corrected chi connectivity index (χ0v) is 18.6. The van der Waals surface area contributed by atoms with Gasteiger partial charge in [-0.15, -0.1) is 0 Å². The van der Waals surface area contributed by atoms with Gasteiger partial charge in [0.15, 0.2) is 0 Å². The SMILES string of the molecule is Cc1nc(CNC(=O)CO)ncc1-n1c(C)nc(OCc2ccc(F)cc2F)c(Br)c1=O. The maximum absolute atomic E-state index is 13.8.